The van der Waals surface area contributed by atoms with Gasteiger partial charge in [-0.15, -0.1) is 0 Å². The highest BCUT2D eigenvalue weighted by atomic mass is 32.2. The Morgan fingerprint density at radius 3 is 2.31 bits per heavy atom. The second-order valence-electron chi connectivity index (χ2n) is 6.62. The van der Waals surface area contributed by atoms with Crippen LogP contribution in [0.25, 0.3) is 10.9 Å². The van der Waals surface area contributed by atoms with E-state index in [4.69, 9.17) is 0 Å². The number of nitrogens with one attached hydrogen (secondary N) is 1. The van der Waals surface area contributed by atoms with Crippen molar-refractivity contribution in [2.45, 2.75) is 23.0 Å². The molecule has 0 radical (unpaired) electrons. The Balaban J connectivity index is 1.47. The van der Waals surface area contributed by atoms with Gasteiger partial charge in [0, 0.05) is 24.0 Å². The molecule has 4 rings (SSSR count). The summed E-state index contributed by atoms with van der Waals surface area (Å²) >= 11 is 0. The Bertz CT molecular complexity index is 1000. The summed E-state index contributed by atoms with van der Waals surface area (Å²) < 4.78 is 25.5. The van der Waals surface area contributed by atoms with Crippen LogP contribution >= 0.6 is 0 Å². The van der Waals surface area contributed by atoms with Crippen LogP contribution in [0.2, 0.25) is 0 Å². The minimum Gasteiger partial charge on any atom is -0.351 e. The predicted octanol–water partition coefficient (Wildman–Crippen LogP) is 3.25. The van der Waals surface area contributed by atoms with E-state index in [1.165, 1.54) is 0 Å². The number of rotatable bonds is 3. The summed E-state index contributed by atoms with van der Waals surface area (Å²) in [5.74, 6) is -0.0724. The van der Waals surface area contributed by atoms with E-state index in [1.807, 2.05) is 30.3 Å². The number of aromatic nitrogens is 1. The fourth-order valence-electron chi connectivity index (χ4n) is 3.53. The number of sulfone groups is 1. The standard InChI is InChI=1S/C20H20N2O3S/c23-20(19-14-15-6-4-5-9-18(15)21-19)22-12-10-17(11-13-22)26(24,25)16-7-2-1-3-8-16/h1-9,14,17,21H,10-13H2. The fraction of sp³-hybridized carbons (Fsp3) is 0.250. The molecule has 0 atom stereocenters. The van der Waals surface area contributed by atoms with Crippen molar-refractivity contribution in [2.24, 2.45) is 0 Å². The molecular weight excluding hydrogens is 348 g/mol. The Kier molecular flexibility index (Phi) is 4.28. The van der Waals surface area contributed by atoms with Gasteiger partial charge in [0.05, 0.1) is 10.1 Å². The van der Waals surface area contributed by atoms with E-state index in [-0.39, 0.29) is 5.91 Å². The van der Waals surface area contributed by atoms with Crippen molar-refractivity contribution < 1.29 is 13.2 Å². The summed E-state index contributed by atoms with van der Waals surface area (Å²) in [5, 5.41) is 0.564. The number of amides is 1. The van der Waals surface area contributed by atoms with Crippen LogP contribution in [0.15, 0.2) is 65.6 Å². The number of aromatic amines is 1. The maximum absolute atomic E-state index is 12.7. The molecule has 1 fully saturated rings. The van der Waals surface area contributed by atoms with Gasteiger partial charge in [0.1, 0.15) is 5.69 Å². The number of carbonyl (C=O) groups excluding carboxylic acids is 1. The zero-order valence-corrected chi connectivity index (χ0v) is 15.1. The molecule has 2 heterocycles. The summed E-state index contributed by atoms with van der Waals surface area (Å²) in [6.07, 6.45) is 0.923. The van der Waals surface area contributed by atoms with Crippen molar-refractivity contribution in [3.05, 3.63) is 66.4 Å². The van der Waals surface area contributed by atoms with Crippen molar-refractivity contribution >= 4 is 26.6 Å². The van der Waals surface area contributed by atoms with Gasteiger partial charge in [-0.3, -0.25) is 4.79 Å². The number of carbonyl (C=O) groups is 1. The Morgan fingerprint density at radius 1 is 0.962 bits per heavy atom. The molecule has 0 unspecified atom stereocenters. The first-order valence-corrected chi connectivity index (χ1v) is 10.3. The zero-order chi connectivity index (χ0) is 18.1. The Hall–Kier alpha value is -2.60. The third kappa shape index (κ3) is 3.01. The Morgan fingerprint density at radius 2 is 1.62 bits per heavy atom. The molecule has 1 aromatic heterocycles. The van der Waals surface area contributed by atoms with Crippen LogP contribution in [-0.4, -0.2) is 42.5 Å². The van der Waals surface area contributed by atoms with Crippen LogP contribution < -0.4 is 0 Å². The number of fused-ring (bicyclic) bond motifs is 1. The molecule has 1 saturated heterocycles. The molecule has 1 aliphatic heterocycles. The lowest BCUT2D eigenvalue weighted by Gasteiger charge is -2.31. The third-order valence-electron chi connectivity index (χ3n) is 5.00. The van der Waals surface area contributed by atoms with E-state index in [2.05, 4.69) is 4.98 Å². The number of piperidine rings is 1. The van der Waals surface area contributed by atoms with E-state index < -0.39 is 15.1 Å². The molecule has 1 aliphatic rings. The minimum atomic E-state index is -3.34. The number of hydrogen-bond acceptors (Lipinski definition) is 3. The third-order valence-corrected chi connectivity index (χ3v) is 7.28. The molecule has 3 aromatic rings. The van der Waals surface area contributed by atoms with Crippen molar-refractivity contribution in [2.75, 3.05) is 13.1 Å². The smallest absolute Gasteiger partial charge is 0.270 e. The van der Waals surface area contributed by atoms with Gasteiger partial charge in [-0.2, -0.15) is 0 Å². The normalized spacial score (nSPS) is 16.1. The first-order chi connectivity index (χ1) is 12.6. The summed E-state index contributed by atoms with van der Waals surface area (Å²) in [4.78, 5) is 18.0. The molecule has 0 bridgehead atoms. The van der Waals surface area contributed by atoms with E-state index in [1.54, 1.807) is 35.2 Å². The molecule has 5 nitrogen and oxygen atoms in total. The SMILES string of the molecule is O=C(c1cc2ccccc2[nH]1)N1CCC(S(=O)(=O)c2ccccc2)CC1. The number of para-hydroxylation sites is 1. The molecule has 134 valence electrons. The van der Waals surface area contributed by atoms with Crippen LogP contribution in [-0.2, 0) is 9.84 Å². The van der Waals surface area contributed by atoms with Gasteiger partial charge in [-0.1, -0.05) is 36.4 Å². The molecule has 1 amide bonds. The van der Waals surface area contributed by atoms with Gasteiger partial charge in [0.15, 0.2) is 9.84 Å². The van der Waals surface area contributed by atoms with Crippen LogP contribution in [0.3, 0.4) is 0 Å². The Labute approximate surface area is 152 Å². The van der Waals surface area contributed by atoms with Crippen molar-refractivity contribution in [3.63, 3.8) is 0 Å². The van der Waals surface area contributed by atoms with E-state index in [9.17, 15) is 13.2 Å². The molecular formula is C20H20N2O3S. The number of hydrogen-bond donors (Lipinski definition) is 1. The average molecular weight is 368 g/mol. The van der Waals surface area contributed by atoms with Crippen molar-refractivity contribution in [1.82, 2.24) is 9.88 Å². The highest BCUT2D eigenvalue weighted by Crippen LogP contribution is 2.25. The quantitative estimate of drug-likeness (QED) is 0.771. The minimum absolute atomic E-state index is 0.0724. The lowest BCUT2D eigenvalue weighted by Crippen LogP contribution is -2.42. The van der Waals surface area contributed by atoms with Gasteiger partial charge in [-0.25, -0.2) is 8.42 Å². The zero-order valence-electron chi connectivity index (χ0n) is 14.3. The van der Waals surface area contributed by atoms with E-state index in [0.29, 0.717) is 36.5 Å². The summed E-state index contributed by atoms with van der Waals surface area (Å²) in [6.45, 7) is 0.899. The number of nitrogens with zero attached hydrogens (tertiary/aromatic N) is 1. The second-order valence-corrected chi connectivity index (χ2v) is 8.85. The number of likely N-dealkylation sites (tertiary alicyclic amines) is 1. The summed E-state index contributed by atoms with van der Waals surface area (Å²) in [5.41, 5.74) is 1.48. The first kappa shape index (κ1) is 16.8. The summed E-state index contributed by atoms with van der Waals surface area (Å²) in [7, 11) is -3.34. The molecule has 6 heteroatoms. The topological polar surface area (TPSA) is 70.2 Å². The predicted molar refractivity (Wildman–Crippen MR) is 101 cm³/mol. The fourth-order valence-corrected chi connectivity index (χ4v) is 5.28. The maximum atomic E-state index is 12.7. The number of H-pyrrole nitrogens is 1. The molecule has 1 N–H and O–H groups in total. The monoisotopic (exact) mass is 368 g/mol. The highest BCUT2D eigenvalue weighted by molar-refractivity contribution is 7.92. The van der Waals surface area contributed by atoms with E-state index >= 15 is 0 Å². The molecule has 0 spiro atoms. The van der Waals surface area contributed by atoms with Crippen LogP contribution in [0.4, 0.5) is 0 Å². The van der Waals surface area contributed by atoms with Crippen molar-refractivity contribution in [1.29, 1.82) is 0 Å². The highest BCUT2D eigenvalue weighted by Gasteiger charge is 2.33. The average Bonchev–Trinajstić information content (AvgIpc) is 3.12. The van der Waals surface area contributed by atoms with Gasteiger partial charge in [0.2, 0.25) is 0 Å². The number of benzene rings is 2. The molecule has 0 aliphatic carbocycles. The van der Waals surface area contributed by atoms with E-state index in [0.717, 1.165) is 10.9 Å². The van der Waals surface area contributed by atoms with Crippen LogP contribution in [0.1, 0.15) is 23.3 Å². The van der Waals surface area contributed by atoms with Crippen LogP contribution in [0.5, 0.6) is 0 Å². The second kappa shape index (κ2) is 6.61. The largest absolute Gasteiger partial charge is 0.351 e. The molecule has 26 heavy (non-hydrogen) atoms. The summed E-state index contributed by atoms with van der Waals surface area (Å²) in [6, 6.07) is 18.2. The van der Waals surface area contributed by atoms with Crippen molar-refractivity contribution in [3.8, 4) is 0 Å². The molecule has 2 aromatic carbocycles. The van der Waals surface area contributed by atoms with Crippen LogP contribution in [0, 0.1) is 0 Å². The van der Waals surface area contributed by atoms with Gasteiger partial charge in [0.25, 0.3) is 5.91 Å². The molecule has 0 saturated carbocycles. The lowest BCUT2D eigenvalue weighted by atomic mass is 10.1. The van der Waals surface area contributed by atoms with Gasteiger partial charge < -0.3 is 9.88 Å². The van der Waals surface area contributed by atoms with Gasteiger partial charge >= 0.3 is 0 Å². The first-order valence-electron chi connectivity index (χ1n) is 8.72. The van der Waals surface area contributed by atoms with Gasteiger partial charge in [-0.05, 0) is 37.1 Å². The lowest BCUT2D eigenvalue weighted by molar-refractivity contribution is 0.0720. The maximum Gasteiger partial charge on any atom is 0.270 e.